The predicted octanol–water partition coefficient (Wildman–Crippen LogP) is 2.61. The quantitative estimate of drug-likeness (QED) is 0.792. The number of nitrogens with one attached hydrogen (secondary N) is 1. The Morgan fingerprint density at radius 3 is 2.53 bits per heavy atom. The van der Waals surface area contributed by atoms with Crippen molar-refractivity contribution in [2.24, 2.45) is 5.73 Å². The van der Waals surface area contributed by atoms with Gasteiger partial charge >= 0.3 is 0 Å². The van der Waals surface area contributed by atoms with E-state index in [-0.39, 0.29) is 18.1 Å². The van der Waals surface area contributed by atoms with Gasteiger partial charge in [0.05, 0.1) is 0 Å². The number of anilines is 1. The van der Waals surface area contributed by atoms with Gasteiger partial charge in [0.1, 0.15) is 5.75 Å². The van der Waals surface area contributed by atoms with Gasteiger partial charge in [0, 0.05) is 28.4 Å². The van der Waals surface area contributed by atoms with Gasteiger partial charge in [0.2, 0.25) is 5.91 Å². The average Bonchev–Trinajstić information content (AvgIpc) is 2.28. The number of hydrogen-bond donors (Lipinski definition) is 3. The SMILES string of the molecule is CC(C)(N)CC(=O)Nc1cccc2c(O)cccc12. The van der Waals surface area contributed by atoms with E-state index in [1.807, 2.05) is 32.0 Å². The second-order valence-corrected chi connectivity index (χ2v) is 5.39. The molecule has 0 atom stereocenters. The number of rotatable bonds is 3. The third-order valence-corrected chi connectivity index (χ3v) is 2.79. The van der Waals surface area contributed by atoms with E-state index in [0.717, 1.165) is 5.39 Å². The number of phenols is 1. The van der Waals surface area contributed by atoms with Crippen LogP contribution in [0.25, 0.3) is 10.8 Å². The number of nitrogens with two attached hydrogens (primary N) is 1. The van der Waals surface area contributed by atoms with Gasteiger partial charge in [-0.15, -0.1) is 0 Å². The second-order valence-electron chi connectivity index (χ2n) is 5.39. The topological polar surface area (TPSA) is 75.4 Å². The van der Waals surface area contributed by atoms with Crippen molar-refractivity contribution < 1.29 is 9.90 Å². The zero-order valence-corrected chi connectivity index (χ0v) is 11.1. The monoisotopic (exact) mass is 258 g/mol. The summed E-state index contributed by atoms with van der Waals surface area (Å²) < 4.78 is 0. The van der Waals surface area contributed by atoms with E-state index < -0.39 is 5.54 Å². The van der Waals surface area contributed by atoms with Crippen LogP contribution < -0.4 is 11.1 Å². The van der Waals surface area contributed by atoms with Gasteiger partial charge < -0.3 is 16.2 Å². The molecule has 4 N–H and O–H groups in total. The minimum Gasteiger partial charge on any atom is -0.507 e. The average molecular weight is 258 g/mol. The normalized spacial score (nSPS) is 11.5. The van der Waals surface area contributed by atoms with Crippen LogP contribution in [-0.2, 0) is 4.79 Å². The molecule has 0 spiro atoms. The number of carbonyl (C=O) groups is 1. The summed E-state index contributed by atoms with van der Waals surface area (Å²) in [5.74, 6) is 0.0658. The summed E-state index contributed by atoms with van der Waals surface area (Å²) in [6.45, 7) is 3.61. The van der Waals surface area contributed by atoms with E-state index in [1.54, 1.807) is 18.2 Å². The largest absolute Gasteiger partial charge is 0.507 e. The molecule has 0 aliphatic heterocycles. The molecule has 2 rings (SSSR count). The highest BCUT2D eigenvalue weighted by atomic mass is 16.3. The number of hydrogen-bond acceptors (Lipinski definition) is 3. The fourth-order valence-corrected chi connectivity index (χ4v) is 2.01. The standard InChI is InChI=1S/C15H18N2O2/c1-15(2,16)9-14(19)17-12-7-3-6-11-10(12)5-4-8-13(11)18/h3-8,18H,9,16H2,1-2H3,(H,17,19). The first-order chi connectivity index (χ1) is 8.87. The molecule has 4 nitrogen and oxygen atoms in total. The molecule has 0 heterocycles. The maximum absolute atomic E-state index is 11.9. The van der Waals surface area contributed by atoms with Gasteiger partial charge in [-0.1, -0.05) is 24.3 Å². The highest BCUT2D eigenvalue weighted by Gasteiger charge is 2.17. The molecule has 0 bridgehead atoms. The minimum atomic E-state index is -0.545. The maximum atomic E-state index is 11.9. The molecule has 19 heavy (non-hydrogen) atoms. The van der Waals surface area contributed by atoms with Crippen molar-refractivity contribution in [3.05, 3.63) is 36.4 Å². The van der Waals surface area contributed by atoms with E-state index in [0.29, 0.717) is 11.1 Å². The van der Waals surface area contributed by atoms with Crippen molar-refractivity contribution in [2.75, 3.05) is 5.32 Å². The van der Waals surface area contributed by atoms with E-state index in [4.69, 9.17) is 5.73 Å². The predicted molar refractivity (Wildman–Crippen MR) is 77.1 cm³/mol. The molecule has 100 valence electrons. The Bertz CT molecular complexity index is 615. The molecule has 0 aliphatic carbocycles. The van der Waals surface area contributed by atoms with E-state index >= 15 is 0 Å². The second kappa shape index (κ2) is 4.90. The number of phenolic OH excluding ortho intramolecular Hbond substituents is 1. The fourth-order valence-electron chi connectivity index (χ4n) is 2.01. The molecule has 4 heteroatoms. The van der Waals surface area contributed by atoms with Crippen LogP contribution in [0.2, 0.25) is 0 Å². The van der Waals surface area contributed by atoms with Crippen LogP contribution in [0.3, 0.4) is 0 Å². The van der Waals surface area contributed by atoms with Crippen LogP contribution in [0.15, 0.2) is 36.4 Å². The van der Waals surface area contributed by atoms with Gasteiger partial charge in [-0.05, 0) is 26.0 Å². The summed E-state index contributed by atoms with van der Waals surface area (Å²) in [5, 5.41) is 14.1. The highest BCUT2D eigenvalue weighted by molar-refractivity contribution is 6.04. The Hall–Kier alpha value is -2.07. The molecular weight excluding hydrogens is 240 g/mol. The Morgan fingerprint density at radius 1 is 1.21 bits per heavy atom. The van der Waals surface area contributed by atoms with Crippen molar-refractivity contribution >= 4 is 22.4 Å². The summed E-state index contributed by atoms with van der Waals surface area (Å²) in [6, 6.07) is 10.6. The zero-order chi connectivity index (χ0) is 14.0. The first-order valence-corrected chi connectivity index (χ1v) is 6.16. The summed E-state index contributed by atoms with van der Waals surface area (Å²) in [5.41, 5.74) is 5.96. The molecule has 0 radical (unpaired) electrons. The first-order valence-electron chi connectivity index (χ1n) is 6.16. The summed E-state index contributed by atoms with van der Waals surface area (Å²) in [4.78, 5) is 11.9. The van der Waals surface area contributed by atoms with Crippen LogP contribution in [0.1, 0.15) is 20.3 Å². The van der Waals surface area contributed by atoms with Crippen molar-refractivity contribution in [3.8, 4) is 5.75 Å². The Labute approximate surface area is 112 Å². The highest BCUT2D eigenvalue weighted by Crippen LogP contribution is 2.29. The number of amides is 1. The van der Waals surface area contributed by atoms with Crippen molar-refractivity contribution in [3.63, 3.8) is 0 Å². The van der Waals surface area contributed by atoms with E-state index in [2.05, 4.69) is 5.32 Å². The molecule has 2 aromatic carbocycles. The first kappa shape index (κ1) is 13.4. The lowest BCUT2D eigenvalue weighted by Crippen LogP contribution is -2.36. The number of benzene rings is 2. The van der Waals surface area contributed by atoms with Crippen molar-refractivity contribution in [2.45, 2.75) is 25.8 Å². The molecule has 0 saturated carbocycles. The molecule has 0 aliphatic rings. The lowest BCUT2D eigenvalue weighted by atomic mass is 10.0. The number of aromatic hydroxyl groups is 1. The molecule has 2 aromatic rings. The number of fused-ring (bicyclic) bond motifs is 1. The van der Waals surface area contributed by atoms with Gasteiger partial charge in [0.15, 0.2) is 0 Å². The molecule has 1 amide bonds. The van der Waals surface area contributed by atoms with Crippen LogP contribution in [-0.4, -0.2) is 16.6 Å². The molecular formula is C15H18N2O2. The van der Waals surface area contributed by atoms with E-state index in [1.165, 1.54) is 0 Å². The maximum Gasteiger partial charge on any atom is 0.226 e. The Balaban J connectivity index is 2.31. The third-order valence-electron chi connectivity index (χ3n) is 2.79. The smallest absolute Gasteiger partial charge is 0.226 e. The zero-order valence-electron chi connectivity index (χ0n) is 11.1. The van der Waals surface area contributed by atoms with Crippen LogP contribution in [0.5, 0.6) is 5.75 Å². The Kier molecular flexibility index (Phi) is 3.44. The lowest BCUT2D eigenvalue weighted by Gasteiger charge is -2.18. The van der Waals surface area contributed by atoms with Crippen LogP contribution in [0.4, 0.5) is 5.69 Å². The van der Waals surface area contributed by atoms with Crippen LogP contribution >= 0.6 is 0 Å². The summed E-state index contributed by atoms with van der Waals surface area (Å²) in [7, 11) is 0. The van der Waals surface area contributed by atoms with Gasteiger partial charge in [-0.3, -0.25) is 4.79 Å². The fraction of sp³-hybridized carbons (Fsp3) is 0.267. The molecule has 0 fully saturated rings. The third kappa shape index (κ3) is 3.23. The van der Waals surface area contributed by atoms with Gasteiger partial charge in [0.25, 0.3) is 0 Å². The van der Waals surface area contributed by atoms with Crippen molar-refractivity contribution in [1.29, 1.82) is 0 Å². The number of carbonyl (C=O) groups excluding carboxylic acids is 1. The molecule has 0 unspecified atom stereocenters. The van der Waals surface area contributed by atoms with Crippen LogP contribution in [0, 0.1) is 0 Å². The lowest BCUT2D eigenvalue weighted by molar-refractivity contribution is -0.117. The summed E-state index contributed by atoms with van der Waals surface area (Å²) >= 11 is 0. The summed E-state index contributed by atoms with van der Waals surface area (Å²) in [6.07, 6.45) is 0.238. The van der Waals surface area contributed by atoms with Crippen molar-refractivity contribution in [1.82, 2.24) is 0 Å². The molecule has 0 saturated heterocycles. The van der Waals surface area contributed by atoms with Gasteiger partial charge in [-0.2, -0.15) is 0 Å². The van der Waals surface area contributed by atoms with E-state index in [9.17, 15) is 9.90 Å². The molecule has 0 aromatic heterocycles. The van der Waals surface area contributed by atoms with Gasteiger partial charge in [-0.25, -0.2) is 0 Å². The Morgan fingerprint density at radius 2 is 1.84 bits per heavy atom. The minimum absolute atomic E-state index is 0.136.